The van der Waals surface area contributed by atoms with E-state index in [4.69, 9.17) is 4.74 Å². The fourth-order valence-corrected chi connectivity index (χ4v) is 2.48. The molecule has 4 heteroatoms. The largest absolute Gasteiger partial charge is 0.444 e. The summed E-state index contributed by atoms with van der Waals surface area (Å²) in [4.78, 5) is 14.1. The number of likely N-dealkylation sites (tertiary alicyclic amines) is 1. The zero-order valence-electron chi connectivity index (χ0n) is 12.5. The molecule has 1 N–H and O–H groups in total. The van der Waals surface area contributed by atoms with Crippen LogP contribution in [0.1, 0.15) is 53.9 Å². The Morgan fingerprint density at radius 2 is 2.11 bits per heavy atom. The first-order valence-corrected chi connectivity index (χ1v) is 7.08. The monoisotopic (exact) mass is 256 g/mol. The Labute approximate surface area is 111 Å². The van der Waals surface area contributed by atoms with Crippen molar-refractivity contribution in [3.63, 3.8) is 0 Å². The lowest BCUT2D eigenvalue weighted by Crippen LogP contribution is -2.54. The predicted octanol–water partition coefficient (Wildman–Crippen LogP) is 2.77. The van der Waals surface area contributed by atoms with E-state index in [1.54, 1.807) is 0 Å². The minimum atomic E-state index is -0.416. The molecule has 1 heterocycles. The van der Waals surface area contributed by atoms with Gasteiger partial charge in [-0.3, -0.25) is 0 Å². The first-order valence-electron chi connectivity index (χ1n) is 7.08. The van der Waals surface area contributed by atoms with Crippen LogP contribution < -0.4 is 5.32 Å². The van der Waals surface area contributed by atoms with Gasteiger partial charge in [-0.05, 0) is 53.5 Å². The Kier molecular flexibility index (Phi) is 5.45. The average Bonchev–Trinajstić information content (AvgIpc) is 2.27. The maximum absolute atomic E-state index is 12.2. The highest BCUT2D eigenvalue weighted by Gasteiger charge is 2.33. The number of nitrogens with zero attached hydrogens (tertiary/aromatic N) is 1. The number of carbonyl (C=O) groups excluding carboxylic acids is 1. The van der Waals surface area contributed by atoms with Gasteiger partial charge in [0.25, 0.3) is 0 Å². The van der Waals surface area contributed by atoms with Crippen molar-refractivity contribution in [2.24, 2.45) is 0 Å². The Balaban J connectivity index is 2.67. The number of nitrogens with one attached hydrogen (secondary N) is 1. The molecule has 0 unspecified atom stereocenters. The van der Waals surface area contributed by atoms with Gasteiger partial charge in [0.05, 0.1) is 6.04 Å². The molecule has 0 saturated carbocycles. The summed E-state index contributed by atoms with van der Waals surface area (Å²) in [6.07, 6.45) is 3.17. The summed E-state index contributed by atoms with van der Waals surface area (Å²) in [6.45, 7) is 11.7. The van der Waals surface area contributed by atoms with Gasteiger partial charge >= 0.3 is 6.09 Å². The number of rotatable bonds is 3. The van der Waals surface area contributed by atoms with Crippen molar-refractivity contribution in [3.05, 3.63) is 0 Å². The summed E-state index contributed by atoms with van der Waals surface area (Å²) in [7, 11) is 0. The van der Waals surface area contributed by atoms with E-state index in [1.807, 2.05) is 25.7 Å². The first kappa shape index (κ1) is 15.3. The third-order valence-electron chi connectivity index (χ3n) is 3.28. The topological polar surface area (TPSA) is 41.6 Å². The smallest absolute Gasteiger partial charge is 0.410 e. The SMILES string of the molecule is CCN[C@@H](C)[C@H]1CCCCN1C(=O)OC(C)(C)C. The molecule has 0 aromatic heterocycles. The van der Waals surface area contributed by atoms with Gasteiger partial charge in [-0.15, -0.1) is 0 Å². The van der Waals surface area contributed by atoms with Gasteiger partial charge in [-0.2, -0.15) is 0 Å². The minimum absolute atomic E-state index is 0.169. The third kappa shape index (κ3) is 4.48. The molecule has 0 bridgehead atoms. The summed E-state index contributed by atoms with van der Waals surface area (Å²) < 4.78 is 5.49. The van der Waals surface area contributed by atoms with Crippen LogP contribution >= 0.6 is 0 Å². The molecule has 0 radical (unpaired) electrons. The van der Waals surface area contributed by atoms with Gasteiger partial charge in [0, 0.05) is 12.6 Å². The van der Waals surface area contributed by atoms with Crippen molar-refractivity contribution in [1.82, 2.24) is 10.2 Å². The highest BCUT2D eigenvalue weighted by Crippen LogP contribution is 2.22. The molecular weight excluding hydrogens is 228 g/mol. The van der Waals surface area contributed by atoms with Gasteiger partial charge in [0.2, 0.25) is 0 Å². The standard InChI is InChI=1S/C14H28N2O2/c1-6-15-11(2)12-9-7-8-10-16(12)13(17)18-14(3,4)5/h11-12,15H,6-10H2,1-5H3/t11-,12+/m0/s1. The number of hydrogen-bond donors (Lipinski definition) is 1. The Bertz CT molecular complexity index is 273. The summed E-state index contributed by atoms with van der Waals surface area (Å²) in [5, 5.41) is 3.41. The van der Waals surface area contributed by atoms with Crippen molar-refractivity contribution >= 4 is 6.09 Å². The van der Waals surface area contributed by atoms with E-state index in [1.165, 1.54) is 6.42 Å². The zero-order chi connectivity index (χ0) is 13.8. The summed E-state index contributed by atoms with van der Waals surface area (Å²) in [5.74, 6) is 0. The van der Waals surface area contributed by atoms with Crippen LogP contribution in [0.3, 0.4) is 0 Å². The van der Waals surface area contributed by atoms with Crippen LogP contribution in [-0.2, 0) is 4.74 Å². The first-order chi connectivity index (χ1) is 8.35. The molecule has 1 aliphatic rings. The van der Waals surface area contributed by atoms with Crippen LogP contribution in [0.5, 0.6) is 0 Å². The lowest BCUT2D eigenvalue weighted by atomic mass is 9.97. The highest BCUT2D eigenvalue weighted by molar-refractivity contribution is 5.68. The molecule has 4 nitrogen and oxygen atoms in total. The molecule has 1 saturated heterocycles. The number of likely N-dealkylation sites (N-methyl/N-ethyl adjacent to an activating group) is 1. The van der Waals surface area contributed by atoms with Crippen LogP contribution in [-0.4, -0.2) is 41.8 Å². The van der Waals surface area contributed by atoms with Gasteiger partial charge in [0.1, 0.15) is 5.60 Å². The van der Waals surface area contributed by atoms with E-state index in [2.05, 4.69) is 19.2 Å². The number of piperidine rings is 1. The van der Waals surface area contributed by atoms with E-state index < -0.39 is 5.60 Å². The quantitative estimate of drug-likeness (QED) is 0.844. The van der Waals surface area contributed by atoms with Crippen LogP contribution in [0.2, 0.25) is 0 Å². The van der Waals surface area contributed by atoms with E-state index in [-0.39, 0.29) is 12.1 Å². The lowest BCUT2D eigenvalue weighted by Gasteiger charge is -2.40. The van der Waals surface area contributed by atoms with E-state index in [0.29, 0.717) is 6.04 Å². The molecule has 2 atom stereocenters. The van der Waals surface area contributed by atoms with Crippen LogP contribution in [0, 0.1) is 0 Å². The van der Waals surface area contributed by atoms with Crippen molar-refractivity contribution < 1.29 is 9.53 Å². The summed E-state index contributed by atoms with van der Waals surface area (Å²) >= 11 is 0. The maximum Gasteiger partial charge on any atom is 0.410 e. The van der Waals surface area contributed by atoms with Crippen LogP contribution in [0.25, 0.3) is 0 Å². The fourth-order valence-electron chi connectivity index (χ4n) is 2.48. The van der Waals surface area contributed by atoms with Crippen molar-refractivity contribution in [2.45, 2.75) is 71.6 Å². The van der Waals surface area contributed by atoms with Crippen LogP contribution in [0.4, 0.5) is 4.79 Å². The predicted molar refractivity (Wildman–Crippen MR) is 73.7 cm³/mol. The second-order valence-corrected chi connectivity index (χ2v) is 6.08. The molecule has 0 aromatic rings. The Morgan fingerprint density at radius 3 is 2.67 bits per heavy atom. The molecule has 0 aromatic carbocycles. The Morgan fingerprint density at radius 1 is 1.44 bits per heavy atom. The highest BCUT2D eigenvalue weighted by atomic mass is 16.6. The van der Waals surface area contributed by atoms with Gasteiger partial charge in [-0.25, -0.2) is 4.79 Å². The summed E-state index contributed by atoms with van der Waals surface area (Å²) in [6, 6.07) is 0.580. The fraction of sp³-hybridized carbons (Fsp3) is 0.929. The second kappa shape index (κ2) is 6.41. The van der Waals surface area contributed by atoms with Gasteiger partial charge in [0.15, 0.2) is 0 Å². The molecule has 1 amide bonds. The molecule has 18 heavy (non-hydrogen) atoms. The summed E-state index contributed by atoms with van der Waals surface area (Å²) in [5.41, 5.74) is -0.416. The molecule has 0 aliphatic carbocycles. The molecule has 1 fully saturated rings. The molecule has 106 valence electrons. The Hall–Kier alpha value is -0.770. The molecule has 0 spiro atoms. The second-order valence-electron chi connectivity index (χ2n) is 6.08. The molecular formula is C14H28N2O2. The van der Waals surface area contributed by atoms with E-state index in [9.17, 15) is 4.79 Å². The lowest BCUT2D eigenvalue weighted by molar-refractivity contribution is 0.00569. The number of amides is 1. The van der Waals surface area contributed by atoms with Crippen molar-refractivity contribution in [3.8, 4) is 0 Å². The van der Waals surface area contributed by atoms with Gasteiger partial charge in [-0.1, -0.05) is 6.92 Å². The normalized spacial score (nSPS) is 22.7. The maximum atomic E-state index is 12.2. The minimum Gasteiger partial charge on any atom is -0.444 e. The van der Waals surface area contributed by atoms with Gasteiger partial charge < -0.3 is 15.0 Å². The molecule has 1 aliphatic heterocycles. The molecule has 1 rings (SSSR count). The van der Waals surface area contributed by atoms with Crippen LogP contribution in [0.15, 0.2) is 0 Å². The number of ether oxygens (including phenoxy) is 1. The average molecular weight is 256 g/mol. The van der Waals surface area contributed by atoms with Crippen molar-refractivity contribution in [1.29, 1.82) is 0 Å². The number of carbonyl (C=O) groups is 1. The zero-order valence-corrected chi connectivity index (χ0v) is 12.5. The van der Waals surface area contributed by atoms with E-state index >= 15 is 0 Å². The third-order valence-corrected chi connectivity index (χ3v) is 3.28. The van der Waals surface area contributed by atoms with E-state index in [0.717, 1.165) is 25.9 Å². The number of hydrogen-bond acceptors (Lipinski definition) is 3. The van der Waals surface area contributed by atoms with Crippen molar-refractivity contribution in [2.75, 3.05) is 13.1 Å².